The molecule has 0 unspecified atom stereocenters. The van der Waals surface area contributed by atoms with Gasteiger partial charge in [0.1, 0.15) is 0 Å². The van der Waals surface area contributed by atoms with Gasteiger partial charge in [-0.3, -0.25) is 14.5 Å². The molecule has 1 saturated heterocycles. The van der Waals surface area contributed by atoms with Crippen LogP contribution in [-0.2, 0) is 15.8 Å². The van der Waals surface area contributed by atoms with Crippen molar-refractivity contribution in [1.29, 1.82) is 0 Å². The molecule has 0 radical (unpaired) electrons. The number of hydrogen-bond acceptors (Lipinski definition) is 3. The van der Waals surface area contributed by atoms with E-state index in [1.165, 1.54) is 24.3 Å². The third kappa shape index (κ3) is 5.82. The summed E-state index contributed by atoms with van der Waals surface area (Å²) in [6.45, 7) is 2.63. The fourth-order valence-electron chi connectivity index (χ4n) is 2.89. The molecule has 1 aromatic carbocycles. The highest BCUT2D eigenvalue weighted by Crippen LogP contribution is 2.29. The van der Waals surface area contributed by atoms with Crippen molar-refractivity contribution < 1.29 is 22.8 Å². The van der Waals surface area contributed by atoms with Gasteiger partial charge in [0.25, 0.3) is 0 Å². The van der Waals surface area contributed by atoms with E-state index in [4.69, 9.17) is 0 Å². The molecule has 1 N–H and O–H groups in total. The van der Waals surface area contributed by atoms with Gasteiger partial charge in [0.2, 0.25) is 11.8 Å². The van der Waals surface area contributed by atoms with Gasteiger partial charge in [-0.1, -0.05) is 12.1 Å². The number of nitrogens with zero attached hydrogens (tertiary/aromatic N) is 2. The molecule has 146 valence electrons. The van der Waals surface area contributed by atoms with Crippen LogP contribution in [0.15, 0.2) is 30.3 Å². The van der Waals surface area contributed by atoms with Crippen LogP contribution in [0, 0.1) is 0 Å². The lowest BCUT2D eigenvalue weighted by Gasteiger charge is -2.33. The molecule has 1 aliphatic heterocycles. The van der Waals surface area contributed by atoms with Gasteiger partial charge in [-0.2, -0.15) is 13.2 Å². The van der Waals surface area contributed by atoms with Gasteiger partial charge in [-0.25, -0.2) is 0 Å². The molecule has 1 aromatic rings. The summed E-state index contributed by atoms with van der Waals surface area (Å²) in [7, 11) is 0. The smallest absolute Gasteiger partial charge is 0.352 e. The van der Waals surface area contributed by atoms with Crippen molar-refractivity contribution in [3.05, 3.63) is 41.5 Å². The number of halogens is 3. The Morgan fingerprint density at radius 2 is 1.70 bits per heavy atom. The molecule has 5 nitrogen and oxygen atoms in total. The average Bonchev–Trinajstić information content (AvgIpc) is 3.43. The molecule has 2 amide bonds. The van der Waals surface area contributed by atoms with Crippen LogP contribution in [0.2, 0.25) is 0 Å². The third-order valence-corrected chi connectivity index (χ3v) is 4.65. The first-order valence-electron chi connectivity index (χ1n) is 8.97. The Morgan fingerprint density at radius 1 is 1.07 bits per heavy atom. The molecule has 2 fully saturated rings. The molecule has 1 saturated carbocycles. The summed E-state index contributed by atoms with van der Waals surface area (Å²) in [4.78, 5) is 27.7. The number of nitrogens with one attached hydrogen (secondary N) is 1. The van der Waals surface area contributed by atoms with Crippen molar-refractivity contribution in [2.75, 3.05) is 32.7 Å². The van der Waals surface area contributed by atoms with Crippen LogP contribution < -0.4 is 5.32 Å². The van der Waals surface area contributed by atoms with Gasteiger partial charge >= 0.3 is 6.18 Å². The van der Waals surface area contributed by atoms with Crippen LogP contribution >= 0.6 is 0 Å². The van der Waals surface area contributed by atoms with Gasteiger partial charge < -0.3 is 10.2 Å². The maximum absolute atomic E-state index is 12.5. The highest BCUT2D eigenvalue weighted by Gasteiger charge is 2.30. The summed E-state index contributed by atoms with van der Waals surface area (Å²) in [5, 5.41) is 2.94. The Balaban J connectivity index is 1.44. The van der Waals surface area contributed by atoms with Crippen molar-refractivity contribution in [2.45, 2.75) is 25.1 Å². The number of carbonyl (C=O) groups excluding carboxylic acids is 2. The van der Waals surface area contributed by atoms with E-state index in [1.807, 2.05) is 4.90 Å². The summed E-state index contributed by atoms with van der Waals surface area (Å²) in [6.07, 6.45) is 0.627. The second-order valence-corrected chi connectivity index (χ2v) is 6.90. The van der Waals surface area contributed by atoms with Gasteiger partial charge in [-0.15, -0.1) is 0 Å². The fraction of sp³-hybridized carbons (Fsp3) is 0.474. The standard InChI is InChI=1S/C19H22F3N3O2/c20-19(21,22)15-4-1-14(2-5-15)3-8-18(27)25-11-9-24(10-12-25)13-17(26)23-16-6-7-16/h1-5,8,16H,6-7,9-13H2,(H,23,26)/b8-3+. The van der Waals surface area contributed by atoms with Crippen LogP contribution in [-0.4, -0.2) is 60.4 Å². The second kappa shape index (κ2) is 8.12. The highest BCUT2D eigenvalue weighted by atomic mass is 19.4. The predicted molar refractivity (Wildman–Crippen MR) is 94.7 cm³/mol. The van der Waals surface area contributed by atoms with E-state index < -0.39 is 11.7 Å². The van der Waals surface area contributed by atoms with Gasteiger partial charge in [0.15, 0.2) is 0 Å². The minimum atomic E-state index is -4.37. The van der Waals surface area contributed by atoms with Crippen molar-refractivity contribution in [3.8, 4) is 0 Å². The second-order valence-electron chi connectivity index (χ2n) is 6.90. The topological polar surface area (TPSA) is 52.7 Å². The van der Waals surface area contributed by atoms with E-state index in [2.05, 4.69) is 5.32 Å². The van der Waals surface area contributed by atoms with E-state index in [0.717, 1.165) is 25.0 Å². The Bertz CT molecular complexity index is 704. The molecule has 3 rings (SSSR count). The third-order valence-electron chi connectivity index (χ3n) is 4.65. The number of benzene rings is 1. The zero-order valence-electron chi connectivity index (χ0n) is 14.8. The lowest BCUT2D eigenvalue weighted by Crippen LogP contribution is -2.51. The molecule has 0 aromatic heterocycles. The average molecular weight is 381 g/mol. The summed E-state index contributed by atoms with van der Waals surface area (Å²) in [5.74, 6) is -0.156. The minimum Gasteiger partial charge on any atom is -0.352 e. The number of carbonyl (C=O) groups is 2. The summed E-state index contributed by atoms with van der Waals surface area (Å²) >= 11 is 0. The van der Waals surface area contributed by atoms with Gasteiger partial charge in [0.05, 0.1) is 12.1 Å². The molecule has 27 heavy (non-hydrogen) atoms. The van der Waals surface area contributed by atoms with Crippen molar-refractivity contribution in [2.24, 2.45) is 0 Å². The first-order valence-corrected chi connectivity index (χ1v) is 8.97. The summed E-state index contributed by atoms with van der Waals surface area (Å²) in [6, 6.07) is 5.01. The molecule has 0 bridgehead atoms. The quantitative estimate of drug-likeness (QED) is 0.796. The first kappa shape index (κ1) is 19.4. The van der Waals surface area contributed by atoms with Crippen molar-refractivity contribution >= 4 is 17.9 Å². The Morgan fingerprint density at radius 3 is 2.26 bits per heavy atom. The molecule has 2 aliphatic rings. The Labute approximate surface area is 155 Å². The van der Waals surface area contributed by atoms with E-state index in [9.17, 15) is 22.8 Å². The zero-order chi connectivity index (χ0) is 19.4. The number of rotatable bonds is 5. The largest absolute Gasteiger partial charge is 0.416 e. The number of amides is 2. The minimum absolute atomic E-state index is 0.0273. The Hall–Kier alpha value is -2.35. The lowest BCUT2D eigenvalue weighted by atomic mass is 10.1. The van der Waals surface area contributed by atoms with Crippen LogP contribution in [0.4, 0.5) is 13.2 Å². The highest BCUT2D eigenvalue weighted by molar-refractivity contribution is 5.91. The van der Waals surface area contributed by atoms with E-state index >= 15 is 0 Å². The monoisotopic (exact) mass is 381 g/mol. The molecular formula is C19H22F3N3O2. The normalized spacial score (nSPS) is 18.7. The van der Waals surface area contributed by atoms with Crippen molar-refractivity contribution in [3.63, 3.8) is 0 Å². The Kier molecular flexibility index (Phi) is 5.84. The predicted octanol–water partition coefficient (Wildman–Crippen LogP) is 2.14. The molecule has 8 heteroatoms. The van der Waals surface area contributed by atoms with Crippen molar-refractivity contribution in [1.82, 2.24) is 15.1 Å². The molecule has 1 aliphatic carbocycles. The lowest BCUT2D eigenvalue weighted by molar-refractivity contribution is -0.137. The van der Waals surface area contributed by atoms with Crippen LogP contribution in [0.3, 0.4) is 0 Å². The van der Waals surface area contributed by atoms with E-state index in [1.54, 1.807) is 4.90 Å². The number of piperazine rings is 1. The van der Waals surface area contributed by atoms with E-state index in [0.29, 0.717) is 44.3 Å². The molecule has 0 atom stereocenters. The maximum Gasteiger partial charge on any atom is 0.416 e. The van der Waals surface area contributed by atoms with Crippen LogP contribution in [0.25, 0.3) is 6.08 Å². The molecular weight excluding hydrogens is 359 g/mol. The van der Waals surface area contributed by atoms with Crippen LogP contribution in [0.1, 0.15) is 24.0 Å². The maximum atomic E-state index is 12.5. The van der Waals surface area contributed by atoms with Crippen LogP contribution in [0.5, 0.6) is 0 Å². The molecule has 1 heterocycles. The SMILES string of the molecule is O=C(CN1CCN(C(=O)/C=C/c2ccc(C(F)(F)F)cc2)CC1)NC1CC1. The summed E-state index contributed by atoms with van der Waals surface area (Å²) < 4.78 is 37.6. The van der Waals surface area contributed by atoms with E-state index in [-0.39, 0.29) is 11.8 Å². The first-order chi connectivity index (χ1) is 12.8. The molecule has 0 spiro atoms. The number of hydrogen-bond donors (Lipinski definition) is 1. The van der Waals surface area contributed by atoms with Gasteiger partial charge in [0, 0.05) is 38.3 Å². The fourth-order valence-corrected chi connectivity index (χ4v) is 2.89. The number of alkyl halides is 3. The summed E-state index contributed by atoms with van der Waals surface area (Å²) in [5.41, 5.74) is -0.181. The zero-order valence-corrected chi connectivity index (χ0v) is 14.8. The van der Waals surface area contributed by atoms with Gasteiger partial charge in [-0.05, 0) is 36.6 Å².